The van der Waals surface area contributed by atoms with E-state index in [0.29, 0.717) is 5.82 Å². The Labute approximate surface area is 112 Å². The summed E-state index contributed by atoms with van der Waals surface area (Å²) in [6, 6.07) is 1.99. The Balaban J connectivity index is 1.78. The molecule has 2 aromatic rings. The first kappa shape index (κ1) is 12.8. The molecule has 3 N–H and O–H groups in total. The summed E-state index contributed by atoms with van der Waals surface area (Å²) in [6.45, 7) is 2.80. The molecule has 0 aliphatic rings. The summed E-state index contributed by atoms with van der Waals surface area (Å²) in [4.78, 5) is 17.7. The lowest BCUT2D eigenvalue weighted by molar-refractivity contribution is 0.803. The third kappa shape index (κ3) is 3.43. The maximum Gasteiger partial charge on any atom is 0.340 e. The molecular formula is C11H14BrN5O. The monoisotopic (exact) mass is 311 g/mol. The smallest absolute Gasteiger partial charge is 0.340 e. The van der Waals surface area contributed by atoms with E-state index < -0.39 is 0 Å². The zero-order valence-corrected chi connectivity index (χ0v) is 11.5. The normalized spacial score (nSPS) is 10.6. The SMILES string of the molecule is Cc1cc(NCCCc2n[nH]c(=O)[nH]2)ncc1Br. The highest BCUT2D eigenvalue weighted by atomic mass is 79.9. The van der Waals surface area contributed by atoms with Gasteiger partial charge in [-0.3, -0.25) is 4.98 Å². The van der Waals surface area contributed by atoms with Gasteiger partial charge in [-0.2, -0.15) is 5.10 Å². The lowest BCUT2D eigenvalue weighted by Crippen LogP contribution is -2.06. The lowest BCUT2D eigenvalue weighted by Gasteiger charge is -2.06. The highest BCUT2D eigenvalue weighted by Gasteiger charge is 2.00. The summed E-state index contributed by atoms with van der Waals surface area (Å²) >= 11 is 3.41. The zero-order chi connectivity index (χ0) is 13.0. The minimum atomic E-state index is -0.261. The third-order valence-corrected chi connectivity index (χ3v) is 3.32. The van der Waals surface area contributed by atoms with E-state index in [1.165, 1.54) is 0 Å². The average Bonchev–Trinajstić information content (AvgIpc) is 2.75. The number of nitrogens with zero attached hydrogens (tertiary/aromatic N) is 2. The molecule has 0 aromatic carbocycles. The van der Waals surface area contributed by atoms with E-state index in [-0.39, 0.29) is 5.69 Å². The van der Waals surface area contributed by atoms with Crippen molar-refractivity contribution >= 4 is 21.7 Å². The molecule has 0 fully saturated rings. The Morgan fingerprint density at radius 3 is 3.00 bits per heavy atom. The summed E-state index contributed by atoms with van der Waals surface area (Å²) in [5, 5.41) is 9.41. The van der Waals surface area contributed by atoms with Crippen molar-refractivity contribution in [3.8, 4) is 0 Å². The molecule has 0 unspecified atom stereocenters. The molecule has 0 radical (unpaired) electrons. The van der Waals surface area contributed by atoms with Crippen LogP contribution in [0.1, 0.15) is 17.8 Å². The van der Waals surface area contributed by atoms with E-state index in [1.807, 2.05) is 13.0 Å². The van der Waals surface area contributed by atoms with Crippen LogP contribution >= 0.6 is 15.9 Å². The fourth-order valence-electron chi connectivity index (χ4n) is 1.53. The van der Waals surface area contributed by atoms with Crippen LogP contribution in [0.3, 0.4) is 0 Å². The van der Waals surface area contributed by atoms with Crippen LogP contribution < -0.4 is 11.0 Å². The molecular weight excluding hydrogens is 298 g/mol. The summed E-state index contributed by atoms with van der Waals surface area (Å²) in [5.74, 6) is 1.54. The largest absolute Gasteiger partial charge is 0.370 e. The average molecular weight is 312 g/mol. The fourth-order valence-corrected chi connectivity index (χ4v) is 1.75. The highest BCUT2D eigenvalue weighted by molar-refractivity contribution is 9.10. The molecule has 0 saturated heterocycles. The highest BCUT2D eigenvalue weighted by Crippen LogP contribution is 2.17. The van der Waals surface area contributed by atoms with Gasteiger partial charge in [-0.05, 0) is 40.9 Å². The van der Waals surface area contributed by atoms with E-state index in [1.54, 1.807) is 6.20 Å². The van der Waals surface area contributed by atoms with Crippen molar-refractivity contribution in [3.63, 3.8) is 0 Å². The summed E-state index contributed by atoms with van der Waals surface area (Å²) in [6.07, 6.45) is 3.38. The zero-order valence-electron chi connectivity index (χ0n) is 9.96. The Kier molecular flexibility index (Phi) is 4.14. The van der Waals surface area contributed by atoms with Gasteiger partial charge >= 0.3 is 5.69 Å². The molecule has 96 valence electrons. The second-order valence-corrected chi connectivity index (χ2v) is 4.83. The van der Waals surface area contributed by atoms with Crippen LogP contribution in [0.4, 0.5) is 5.82 Å². The molecule has 6 nitrogen and oxygen atoms in total. The third-order valence-electron chi connectivity index (χ3n) is 2.49. The summed E-state index contributed by atoms with van der Waals surface area (Å²) in [5.41, 5.74) is 0.882. The van der Waals surface area contributed by atoms with Crippen LogP contribution in [0.5, 0.6) is 0 Å². The molecule has 2 rings (SSSR count). The van der Waals surface area contributed by atoms with E-state index in [4.69, 9.17) is 0 Å². The number of pyridine rings is 1. The molecule has 0 atom stereocenters. The number of hydrogen-bond donors (Lipinski definition) is 3. The van der Waals surface area contributed by atoms with Crippen LogP contribution in [0, 0.1) is 6.92 Å². The van der Waals surface area contributed by atoms with Crippen LogP contribution in [-0.2, 0) is 6.42 Å². The standard InChI is InChI=1S/C11H14BrN5O/c1-7-5-10(14-6-8(7)12)13-4-2-3-9-15-11(18)17-16-9/h5-6H,2-4H2,1H3,(H,13,14)(H2,15,16,17,18). The second kappa shape index (κ2) is 5.81. The first-order valence-electron chi connectivity index (χ1n) is 5.65. The predicted molar refractivity (Wildman–Crippen MR) is 72.7 cm³/mol. The van der Waals surface area contributed by atoms with Crippen LogP contribution in [0.15, 0.2) is 21.5 Å². The minimum Gasteiger partial charge on any atom is -0.370 e. The van der Waals surface area contributed by atoms with Gasteiger partial charge in [0, 0.05) is 23.6 Å². The maximum absolute atomic E-state index is 10.8. The van der Waals surface area contributed by atoms with Gasteiger partial charge in [-0.15, -0.1) is 0 Å². The molecule has 0 aliphatic heterocycles. The molecule has 0 aliphatic carbocycles. The van der Waals surface area contributed by atoms with E-state index >= 15 is 0 Å². The van der Waals surface area contributed by atoms with E-state index in [0.717, 1.165) is 35.2 Å². The van der Waals surface area contributed by atoms with Crippen molar-refractivity contribution in [2.75, 3.05) is 11.9 Å². The maximum atomic E-state index is 10.8. The molecule has 2 aromatic heterocycles. The number of aromatic amines is 2. The first-order valence-corrected chi connectivity index (χ1v) is 6.44. The molecule has 7 heteroatoms. The minimum absolute atomic E-state index is 0.261. The molecule has 2 heterocycles. The quantitative estimate of drug-likeness (QED) is 0.732. The van der Waals surface area contributed by atoms with Crippen LogP contribution in [0.2, 0.25) is 0 Å². The Morgan fingerprint density at radius 1 is 1.50 bits per heavy atom. The summed E-state index contributed by atoms with van der Waals surface area (Å²) < 4.78 is 1.00. The van der Waals surface area contributed by atoms with Crippen molar-refractivity contribution in [2.45, 2.75) is 19.8 Å². The van der Waals surface area contributed by atoms with Gasteiger partial charge in [0.15, 0.2) is 0 Å². The van der Waals surface area contributed by atoms with E-state index in [2.05, 4.69) is 41.4 Å². The van der Waals surface area contributed by atoms with Crippen LogP contribution in [-0.4, -0.2) is 26.7 Å². The number of hydrogen-bond acceptors (Lipinski definition) is 4. The van der Waals surface area contributed by atoms with Crippen molar-refractivity contribution in [1.29, 1.82) is 0 Å². The lowest BCUT2D eigenvalue weighted by atomic mass is 10.3. The number of H-pyrrole nitrogens is 2. The Bertz CT molecular complexity index is 577. The Morgan fingerprint density at radius 2 is 2.33 bits per heavy atom. The molecule has 0 bridgehead atoms. The summed E-state index contributed by atoms with van der Waals surface area (Å²) in [7, 11) is 0. The topological polar surface area (TPSA) is 86.5 Å². The first-order chi connectivity index (χ1) is 8.65. The van der Waals surface area contributed by atoms with Crippen LogP contribution in [0.25, 0.3) is 0 Å². The molecule has 0 saturated carbocycles. The van der Waals surface area contributed by atoms with Crippen molar-refractivity contribution in [1.82, 2.24) is 20.2 Å². The number of aryl methyl sites for hydroxylation is 2. The molecule has 0 spiro atoms. The molecule has 18 heavy (non-hydrogen) atoms. The number of nitrogens with one attached hydrogen (secondary N) is 3. The number of aromatic nitrogens is 4. The van der Waals surface area contributed by atoms with Gasteiger partial charge in [0.05, 0.1) is 0 Å². The van der Waals surface area contributed by atoms with Gasteiger partial charge in [-0.25, -0.2) is 14.9 Å². The molecule has 0 amide bonds. The Hall–Kier alpha value is -1.63. The van der Waals surface area contributed by atoms with Gasteiger partial charge < -0.3 is 5.32 Å². The second-order valence-electron chi connectivity index (χ2n) is 3.97. The van der Waals surface area contributed by atoms with E-state index in [9.17, 15) is 4.79 Å². The fraction of sp³-hybridized carbons (Fsp3) is 0.364. The van der Waals surface area contributed by atoms with Gasteiger partial charge in [0.2, 0.25) is 0 Å². The van der Waals surface area contributed by atoms with Gasteiger partial charge in [-0.1, -0.05) is 0 Å². The van der Waals surface area contributed by atoms with Crippen molar-refractivity contribution < 1.29 is 0 Å². The van der Waals surface area contributed by atoms with Gasteiger partial charge in [0.25, 0.3) is 0 Å². The number of anilines is 1. The van der Waals surface area contributed by atoms with Crippen molar-refractivity contribution in [2.24, 2.45) is 0 Å². The van der Waals surface area contributed by atoms with Crippen molar-refractivity contribution in [3.05, 3.63) is 38.6 Å². The predicted octanol–water partition coefficient (Wildman–Crippen LogP) is 1.61. The van der Waals surface area contributed by atoms with Gasteiger partial charge in [0.1, 0.15) is 11.6 Å². The number of rotatable bonds is 5. The number of halogens is 1.